The molecule has 3 rings (SSSR count). The summed E-state index contributed by atoms with van der Waals surface area (Å²) in [4.78, 5) is 11.2. The fourth-order valence-corrected chi connectivity index (χ4v) is 2.65. The highest BCUT2D eigenvalue weighted by Gasteiger charge is 2.14. The van der Waals surface area contributed by atoms with Gasteiger partial charge >= 0.3 is 5.97 Å². The molecule has 1 N–H and O–H groups in total. The van der Waals surface area contributed by atoms with Gasteiger partial charge in [0.25, 0.3) is 0 Å². The van der Waals surface area contributed by atoms with E-state index in [1.165, 1.54) is 18.2 Å². The maximum absolute atomic E-state index is 14.0. The number of benzene rings is 3. The van der Waals surface area contributed by atoms with Crippen LogP contribution in [0.4, 0.5) is 8.78 Å². The third-order valence-electron chi connectivity index (χ3n) is 3.90. The van der Waals surface area contributed by atoms with E-state index in [0.717, 1.165) is 11.6 Å². The van der Waals surface area contributed by atoms with E-state index in [0.29, 0.717) is 16.9 Å². The summed E-state index contributed by atoms with van der Waals surface area (Å²) in [5.74, 6) is -2.55. The van der Waals surface area contributed by atoms with E-state index in [9.17, 15) is 13.6 Å². The number of carbonyl (C=O) groups is 1. The molecule has 0 aliphatic heterocycles. The Balaban J connectivity index is 1.92. The highest BCUT2D eigenvalue weighted by Crippen LogP contribution is 2.30. The summed E-state index contributed by atoms with van der Waals surface area (Å²) < 4.78 is 33.2. The Morgan fingerprint density at radius 3 is 2.46 bits per heavy atom. The molecule has 0 atom stereocenters. The van der Waals surface area contributed by atoms with Crippen LogP contribution in [0, 0.1) is 11.6 Å². The minimum Gasteiger partial charge on any atom is -0.489 e. The van der Waals surface area contributed by atoms with Crippen molar-refractivity contribution < 1.29 is 23.4 Å². The number of ether oxygens (including phenoxy) is 1. The molecule has 132 valence electrons. The van der Waals surface area contributed by atoms with Crippen molar-refractivity contribution in [3.8, 4) is 16.9 Å². The van der Waals surface area contributed by atoms with Crippen molar-refractivity contribution >= 4 is 5.97 Å². The zero-order valence-electron chi connectivity index (χ0n) is 13.8. The smallest absolute Gasteiger partial charge is 0.307 e. The number of hydrogen-bond donors (Lipinski definition) is 1. The van der Waals surface area contributed by atoms with Gasteiger partial charge in [0, 0.05) is 11.1 Å². The zero-order chi connectivity index (χ0) is 18.5. The third-order valence-corrected chi connectivity index (χ3v) is 3.90. The lowest BCUT2D eigenvalue weighted by atomic mass is 10.00. The number of rotatable bonds is 6. The van der Waals surface area contributed by atoms with E-state index in [2.05, 4.69) is 0 Å². The standard InChI is InChI=1S/C21H16F2O3/c22-18-8-4-7-17(21(18)23)15-9-10-19(16(11-15)12-20(24)25)26-13-14-5-2-1-3-6-14/h1-11H,12-13H2,(H,24,25). The summed E-state index contributed by atoms with van der Waals surface area (Å²) in [6, 6.07) is 18.0. The van der Waals surface area contributed by atoms with Gasteiger partial charge in [0.05, 0.1) is 6.42 Å². The molecule has 0 amide bonds. The molecule has 0 aromatic heterocycles. The molecule has 0 heterocycles. The van der Waals surface area contributed by atoms with Gasteiger partial charge in [0.15, 0.2) is 11.6 Å². The van der Waals surface area contributed by atoms with E-state index in [1.807, 2.05) is 30.3 Å². The summed E-state index contributed by atoms with van der Waals surface area (Å²) in [5.41, 5.74) is 1.81. The largest absolute Gasteiger partial charge is 0.489 e. The summed E-state index contributed by atoms with van der Waals surface area (Å²) in [7, 11) is 0. The number of carboxylic acid groups (broad SMARTS) is 1. The van der Waals surface area contributed by atoms with Crippen LogP contribution >= 0.6 is 0 Å². The molecule has 0 aliphatic rings. The van der Waals surface area contributed by atoms with Crippen LogP contribution in [-0.2, 0) is 17.8 Å². The first-order chi connectivity index (χ1) is 12.5. The Bertz CT molecular complexity index is 924. The van der Waals surface area contributed by atoms with Crippen LogP contribution in [0.15, 0.2) is 66.7 Å². The van der Waals surface area contributed by atoms with E-state index >= 15 is 0 Å². The van der Waals surface area contributed by atoms with Crippen LogP contribution in [0.1, 0.15) is 11.1 Å². The molecule has 0 unspecified atom stereocenters. The molecule has 0 fully saturated rings. The zero-order valence-corrected chi connectivity index (χ0v) is 13.8. The molecular formula is C21H16F2O3. The Morgan fingerprint density at radius 2 is 1.73 bits per heavy atom. The lowest BCUT2D eigenvalue weighted by molar-refractivity contribution is -0.136. The second-order valence-electron chi connectivity index (χ2n) is 5.77. The molecule has 0 saturated carbocycles. The summed E-state index contributed by atoms with van der Waals surface area (Å²) in [5, 5.41) is 9.15. The third kappa shape index (κ3) is 4.06. The maximum atomic E-state index is 14.0. The van der Waals surface area contributed by atoms with Crippen LogP contribution in [-0.4, -0.2) is 11.1 Å². The van der Waals surface area contributed by atoms with Crippen molar-refractivity contribution in [3.05, 3.63) is 89.5 Å². The predicted octanol–water partition coefficient (Wildman–Crippen LogP) is 4.84. The van der Waals surface area contributed by atoms with Crippen molar-refractivity contribution in [1.29, 1.82) is 0 Å². The average molecular weight is 354 g/mol. The van der Waals surface area contributed by atoms with Gasteiger partial charge in [-0.25, -0.2) is 8.78 Å². The van der Waals surface area contributed by atoms with E-state index in [4.69, 9.17) is 9.84 Å². The van der Waals surface area contributed by atoms with E-state index < -0.39 is 17.6 Å². The van der Waals surface area contributed by atoms with E-state index in [-0.39, 0.29) is 18.6 Å². The van der Waals surface area contributed by atoms with E-state index in [1.54, 1.807) is 12.1 Å². The minimum absolute atomic E-state index is 0.0752. The lowest BCUT2D eigenvalue weighted by Gasteiger charge is -2.13. The molecule has 0 saturated heterocycles. The van der Waals surface area contributed by atoms with Crippen LogP contribution in [0.25, 0.3) is 11.1 Å². The van der Waals surface area contributed by atoms with Crippen molar-refractivity contribution in [1.82, 2.24) is 0 Å². The summed E-state index contributed by atoms with van der Waals surface area (Å²) >= 11 is 0. The Kier molecular flexibility index (Phi) is 5.27. The van der Waals surface area contributed by atoms with Gasteiger partial charge < -0.3 is 9.84 Å². The van der Waals surface area contributed by atoms with Crippen LogP contribution < -0.4 is 4.74 Å². The molecular weight excluding hydrogens is 338 g/mol. The fourth-order valence-electron chi connectivity index (χ4n) is 2.65. The Hall–Kier alpha value is -3.21. The molecule has 26 heavy (non-hydrogen) atoms. The van der Waals surface area contributed by atoms with Crippen molar-refractivity contribution in [2.45, 2.75) is 13.0 Å². The van der Waals surface area contributed by atoms with Gasteiger partial charge in [0.1, 0.15) is 12.4 Å². The molecule has 5 heteroatoms. The molecule has 0 spiro atoms. The maximum Gasteiger partial charge on any atom is 0.307 e. The molecule has 3 aromatic carbocycles. The first kappa shape index (κ1) is 17.6. The molecule has 3 nitrogen and oxygen atoms in total. The highest BCUT2D eigenvalue weighted by molar-refractivity contribution is 5.74. The second-order valence-corrected chi connectivity index (χ2v) is 5.77. The Labute approximate surface area is 149 Å². The first-order valence-electron chi connectivity index (χ1n) is 8.00. The number of carboxylic acids is 1. The molecule has 0 aliphatic carbocycles. The predicted molar refractivity (Wildman–Crippen MR) is 93.9 cm³/mol. The summed E-state index contributed by atoms with van der Waals surface area (Å²) in [6.45, 7) is 0.279. The fraction of sp³-hybridized carbons (Fsp3) is 0.0952. The van der Waals surface area contributed by atoms with Gasteiger partial charge in [-0.05, 0) is 29.3 Å². The second kappa shape index (κ2) is 7.78. The lowest BCUT2D eigenvalue weighted by Crippen LogP contribution is -2.05. The first-order valence-corrected chi connectivity index (χ1v) is 8.00. The average Bonchev–Trinajstić information content (AvgIpc) is 2.63. The van der Waals surface area contributed by atoms with Gasteiger partial charge in [-0.1, -0.05) is 48.5 Å². The Morgan fingerprint density at radius 1 is 0.962 bits per heavy atom. The monoisotopic (exact) mass is 354 g/mol. The molecule has 3 aromatic rings. The SMILES string of the molecule is O=C(O)Cc1cc(-c2cccc(F)c2F)ccc1OCc1ccccc1. The number of aliphatic carboxylic acids is 1. The van der Waals surface area contributed by atoms with Crippen LogP contribution in [0.3, 0.4) is 0 Å². The van der Waals surface area contributed by atoms with Crippen LogP contribution in [0.2, 0.25) is 0 Å². The van der Waals surface area contributed by atoms with Crippen molar-refractivity contribution in [3.63, 3.8) is 0 Å². The minimum atomic E-state index is -1.04. The van der Waals surface area contributed by atoms with Crippen LogP contribution in [0.5, 0.6) is 5.75 Å². The van der Waals surface area contributed by atoms with Crippen molar-refractivity contribution in [2.75, 3.05) is 0 Å². The number of halogens is 2. The topological polar surface area (TPSA) is 46.5 Å². The normalized spacial score (nSPS) is 10.5. The molecule has 0 bridgehead atoms. The van der Waals surface area contributed by atoms with Crippen molar-refractivity contribution in [2.24, 2.45) is 0 Å². The van der Waals surface area contributed by atoms with Gasteiger partial charge in [-0.3, -0.25) is 4.79 Å². The summed E-state index contributed by atoms with van der Waals surface area (Å²) in [6.07, 6.45) is -0.283. The number of hydrogen-bond acceptors (Lipinski definition) is 2. The molecule has 0 radical (unpaired) electrons. The highest BCUT2D eigenvalue weighted by atomic mass is 19.2. The van der Waals surface area contributed by atoms with Gasteiger partial charge in [0.2, 0.25) is 0 Å². The quantitative estimate of drug-likeness (QED) is 0.689. The van der Waals surface area contributed by atoms with Gasteiger partial charge in [-0.15, -0.1) is 0 Å². The van der Waals surface area contributed by atoms with Gasteiger partial charge in [-0.2, -0.15) is 0 Å².